The van der Waals surface area contributed by atoms with Gasteiger partial charge in [-0.1, -0.05) is 71.8 Å². The number of benzene rings is 4. The molecule has 0 radical (unpaired) electrons. The van der Waals surface area contributed by atoms with E-state index in [1.54, 1.807) is 36.4 Å². The van der Waals surface area contributed by atoms with Gasteiger partial charge in [-0.3, -0.25) is 4.79 Å². The molecular weight excluding hydrogens is 700 g/mol. The number of hydrazone groups is 1. The van der Waals surface area contributed by atoms with Crippen LogP contribution in [0, 0.1) is 6.92 Å². The molecule has 260 valence electrons. The minimum Gasteiger partial charge on any atom is -0.497 e. The highest BCUT2D eigenvalue weighted by Crippen LogP contribution is 2.24. The maximum Gasteiger partial charge on any atom is 0.255 e. The molecule has 1 amide bonds. The number of carbonyl (C=O) groups is 1. The van der Waals surface area contributed by atoms with Gasteiger partial charge in [0.15, 0.2) is 0 Å². The van der Waals surface area contributed by atoms with Gasteiger partial charge in [-0.2, -0.15) is 13.7 Å². The molecular formula is C36H35ClN4O7S2. The van der Waals surface area contributed by atoms with E-state index in [0.29, 0.717) is 22.1 Å². The Balaban J connectivity index is 1.28. The van der Waals surface area contributed by atoms with E-state index >= 15 is 0 Å². The number of rotatable bonds is 15. The second-order valence-electron chi connectivity index (χ2n) is 11.2. The summed E-state index contributed by atoms with van der Waals surface area (Å²) in [6.45, 7) is 1.39. The zero-order chi connectivity index (χ0) is 35.7. The standard InChI is InChI=1S/C36H35ClN4O7S2/c1-27-8-10-29(11-9-27)24-40(49(43,44)34-18-12-30(37)13-19-34)25-33-15-14-32(48-33)22-38-39-36(42)26-41(23-28-6-4-3-5-7-28)50(45,46)35-20-16-31(47-2)17-21-35/h3-22H,23-26H2,1-2H3,(H,39,42)/b38-22-. The minimum absolute atomic E-state index is 0.00291. The van der Waals surface area contributed by atoms with Crippen LogP contribution in [0.2, 0.25) is 5.02 Å². The lowest BCUT2D eigenvalue weighted by atomic mass is 10.1. The van der Waals surface area contributed by atoms with Crippen molar-refractivity contribution in [3.05, 3.63) is 148 Å². The van der Waals surface area contributed by atoms with Gasteiger partial charge in [-0.05, 0) is 78.7 Å². The van der Waals surface area contributed by atoms with E-state index in [1.807, 2.05) is 37.3 Å². The number of hydrogen-bond donors (Lipinski definition) is 1. The minimum atomic E-state index is -4.08. The summed E-state index contributed by atoms with van der Waals surface area (Å²) in [4.78, 5) is 13.0. The number of sulfonamides is 2. The van der Waals surface area contributed by atoms with Gasteiger partial charge in [0.1, 0.15) is 17.3 Å². The number of halogens is 1. The molecule has 14 heteroatoms. The first-order valence-electron chi connectivity index (χ1n) is 15.3. The van der Waals surface area contributed by atoms with Gasteiger partial charge in [0.05, 0.1) is 36.2 Å². The smallest absolute Gasteiger partial charge is 0.255 e. The second-order valence-corrected chi connectivity index (χ2v) is 15.6. The van der Waals surface area contributed by atoms with Crippen LogP contribution >= 0.6 is 11.6 Å². The van der Waals surface area contributed by atoms with Gasteiger partial charge in [0, 0.05) is 18.1 Å². The molecule has 0 saturated carbocycles. The molecule has 4 aromatic carbocycles. The Hall–Kier alpha value is -4.79. The van der Waals surface area contributed by atoms with Crippen molar-refractivity contribution >= 4 is 43.8 Å². The van der Waals surface area contributed by atoms with Gasteiger partial charge < -0.3 is 9.15 Å². The third kappa shape index (κ3) is 9.46. The molecule has 1 N–H and O–H groups in total. The van der Waals surface area contributed by atoms with Crippen LogP contribution in [-0.2, 0) is 44.5 Å². The highest BCUT2D eigenvalue weighted by molar-refractivity contribution is 7.89. The molecule has 0 spiro atoms. The number of amides is 1. The van der Waals surface area contributed by atoms with Gasteiger partial charge in [-0.15, -0.1) is 0 Å². The predicted molar refractivity (Wildman–Crippen MR) is 191 cm³/mol. The van der Waals surface area contributed by atoms with Crippen LogP contribution in [0.4, 0.5) is 0 Å². The maximum absolute atomic E-state index is 13.7. The molecule has 0 bridgehead atoms. The number of nitrogens with zero attached hydrogens (tertiary/aromatic N) is 3. The SMILES string of the molecule is COc1ccc(S(=O)(=O)N(CC(=O)N/N=C\c2ccc(CN(Cc3ccc(C)cc3)S(=O)(=O)c3ccc(Cl)cc3)o2)Cc2ccccc2)cc1. The highest BCUT2D eigenvalue weighted by Gasteiger charge is 2.28. The van der Waals surface area contributed by atoms with Crippen molar-refractivity contribution in [1.29, 1.82) is 0 Å². The van der Waals surface area contributed by atoms with Crippen LogP contribution in [0.3, 0.4) is 0 Å². The molecule has 1 heterocycles. The molecule has 0 aliphatic rings. The number of hydrogen-bond acceptors (Lipinski definition) is 8. The fourth-order valence-electron chi connectivity index (χ4n) is 4.87. The Kier molecular flexibility index (Phi) is 11.9. The van der Waals surface area contributed by atoms with E-state index in [1.165, 1.54) is 66.2 Å². The monoisotopic (exact) mass is 734 g/mol. The van der Waals surface area contributed by atoms with Crippen molar-refractivity contribution < 1.29 is 30.8 Å². The summed E-state index contributed by atoms with van der Waals surface area (Å²) in [7, 11) is -6.55. The van der Waals surface area contributed by atoms with Crippen LogP contribution < -0.4 is 10.2 Å². The summed E-state index contributed by atoms with van der Waals surface area (Å²) < 4.78 is 67.8. The van der Waals surface area contributed by atoms with Crippen LogP contribution in [-0.4, -0.2) is 51.2 Å². The molecule has 5 aromatic rings. The summed E-state index contributed by atoms with van der Waals surface area (Å²) in [5.74, 6) is 0.391. The lowest BCUT2D eigenvalue weighted by Gasteiger charge is -2.21. The Labute approximate surface area is 296 Å². The topological polar surface area (TPSA) is 139 Å². The zero-order valence-electron chi connectivity index (χ0n) is 27.3. The zero-order valence-corrected chi connectivity index (χ0v) is 29.7. The van der Waals surface area contributed by atoms with E-state index in [4.69, 9.17) is 20.8 Å². The Morgan fingerprint density at radius 1 is 0.760 bits per heavy atom. The number of furan rings is 1. The average Bonchev–Trinajstić information content (AvgIpc) is 3.56. The summed E-state index contributed by atoms with van der Waals surface area (Å²) >= 11 is 6.00. The highest BCUT2D eigenvalue weighted by atomic mass is 35.5. The third-order valence-corrected chi connectivity index (χ3v) is 11.4. The lowest BCUT2D eigenvalue weighted by molar-refractivity contribution is -0.121. The Morgan fingerprint density at radius 2 is 1.34 bits per heavy atom. The van der Waals surface area contributed by atoms with Crippen molar-refractivity contribution in [2.24, 2.45) is 5.10 Å². The molecule has 11 nitrogen and oxygen atoms in total. The number of nitrogens with one attached hydrogen (secondary N) is 1. The van der Waals surface area contributed by atoms with E-state index in [2.05, 4.69) is 10.5 Å². The van der Waals surface area contributed by atoms with Crippen LogP contribution in [0.5, 0.6) is 5.75 Å². The Morgan fingerprint density at radius 3 is 1.98 bits per heavy atom. The third-order valence-electron chi connectivity index (χ3n) is 7.55. The van der Waals surface area contributed by atoms with Gasteiger partial charge in [0.25, 0.3) is 5.91 Å². The molecule has 1 aromatic heterocycles. The van der Waals surface area contributed by atoms with Gasteiger partial charge in [0.2, 0.25) is 20.0 Å². The Bertz CT molecular complexity index is 2140. The van der Waals surface area contributed by atoms with Crippen molar-refractivity contribution in [3.63, 3.8) is 0 Å². The van der Waals surface area contributed by atoms with Gasteiger partial charge >= 0.3 is 0 Å². The molecule has 50 heavy (non-hydrogen) atoms. The summed E-state index contributed by atoms with van der Waals surface area (Å²) in [5.41, 5.74) is 4.89. The molecule has 0 fully saturated rings. The molecule has 0 saturated heterocycles. The van der Waals surface area contributed by atoms with Crippen molar-refractivity contribution in [1.82, 2.24) is 14.0 Å². The fraction of sp³-hybridized carbons (Fsp3) is 0.167. The van der Waals surface area contributed by atoms with Crippen molar-refractivity contribution in [3.8, 4) is 5.75 Å². The average molecular weight is 735 g/mol. The maximum atomic E-state index is 13.7. The number of ether oxygens (including phenoxy) is 1. The summed E-state index contributed by atoms with van der Waals surface area (Å²) in [5, 5.41) is 4.37. The number of carbonyl (C=O) groups excluding carboxylic acids is 1. The first kappa shape index (κ1) is 36.5. The van der Waals surface area contributed by atoms with Crippen LogP contribution in [0.25, 0.3) is 0 Å². The first-order chi connectivity index (χ1) is 23.9. The van der Waals surface area contributed by atoms with E-state index in [9.17, 15) is 21.6 Å². The number of aryl methyl sites for hydroxylation is 1. The van der Waals surface area contributed by atoms with E-state index < -0.39 is 32.5 Å². The molecule has 5 rings (SSSR count). The molecule has 0 aliphatic carbocycles. The first-order valence-corrected chi connectivity index (χ1v) is 18.6. The van der Waals surface area contributed by atoms with E-state index in [-0.39, 0.29) is 35.2 Å². The fourth-order valence-corrected chi connectivity index (χ4v) is 7.78. The van der Waals surface area contributed by atoms with E-state index in [0.717, 1.165) is 15.4 Å². The predicted octanol–water partition coefficient (Wildman–Crippen LogP) is 5.98. The summed E-state index contributed by atoms with van der Waals surface area (Å²) in [6.07, 6.45) is 1.25. The molecule has 0 atom stereocenters. The number of methoxy groups -OCH3 is 1. The normalized spacial score (nSPS) is 12.1. The largest absolute Gasteiger partial charge is 0.497 e. The van der Waals surface area contributed by atoms with Crippen molar-refractivity contribution in [2.45, 2.75) is 36.3 Å². The quantitative estimate of drug-likeness (QED) is 0.103. The molecule has 0 unspecified atom stereocenters. The molecule has 0 aliphatic heterocycles. The van der Waals surface area contributed by atoms with Crippen LogP contribution in [0.15, 0.2) is 135 Å². The van der Waals surface area contributed by atoms with Gasteiger partial charge in [-0.25, -0.2) is 22.3 Å². The van der Waals surface area contributed by atoms with Crippen LogP contribution in [0.1, 0.15) is 28.2 Å². The second kappa shape index (κ2) is 16.3. The lowest BCUT2D eigenvalue weighted by Crippen LogP contribution is -2.39. The van der Waals surface area contributed by atoms with Crippen molar-refractivity contribution in [2.75, 3.05) is 13.7 Å². The summed E-state index contributed by atoms with van der Waals surface area (Å²) in [6, 6.07) is 31.5.